The van der Waals surface area contributed by atoms with E-state index in [4.69, 9.17) is 16.3 Å². The van der Waals surface area contributed by atoms with Crippen molar-refractivity contribution < 1.29 is 9.84 Å². The van der Waals surface area contributed by atoms with Crippen molar-refractivity contribution in [1.82, 2.24) is 9.80 Å². The maximum absolute atomic E-state index is 11.3. The monoisotopic (exact) mass is 478 g/mol. The van der Waals surface area contributed by atoms with Crippen LogP contribution < -0.4 is 4.74 Å². The van der Waals surface area contributed by atoms with E-state index in [2.05, 4.69) is 40.1 Å². The van der Waals surface area contributed by atoms with Gasteiger partial charge in [0.15, 0.2) is 0 Å². The normalized spacial score (nSPS) is 16.8. The van der Waals surface area contributed by atoms with Gasteiger partial charge in [-0.2, -0.15) is 0 Å². The summed E-state index contributed by atoms with van der Waals surface area (Å²) in [6.07, 6.45) is 1.56. The summed E-state index contributed by atoms with van der Waals surface area (Å²) >= 11 is 6.15. The molecule has 1 N–H and O–H groups in total. The summed E-state index contributed by atoms with van der Waals surface area (Å²) in [5.74, 6) is 0.834. The molecule has 0 radical (unpaired) electrons. The first-order valence-electron chi connectivity index (χ1n) is 12.3. The van der Waals surface area contributed by atoms with Crippen molar-refractivity contribution in [3.8, 4) is 5.75 Å². The molecule has 1 heterocycles. The van der Waals surface area contributed by atoms with Crippen LogP contribution in [0.2, 0.25) is 5.02 Å². The molecular formula is C29H35ClN2O2. The average Bonchev–Trinajstić information content (AvgIpc) is 2.88. The molecule has 0 aliphatic carbocycles. The molecule has 180 valence electrons. The lowest BCUT2D eigenvalue weighted by Crippen LogP contribution is -2.46. The van der Waals surface area contributed by atoms with Crippen molar-refractivity contribution in [2.45, 2.75) is 31.9 Å². The Kier molecular flexibility index (Phi) is 8.63. The standard InChI is InChI=1S/C29H35ClN2O2/c1-2-29(33,26-10-6-11-27(30)22-26)25-12-14-28(15-13-25)34-21-7-16-31-17-19-32(20-18-31)23-24-8-4-3-5-9-24/h3-6,8-15,22,33H,2,7,16-21,23H2,1H3. The van der Waals surface area contributed by atoms with Gasteiger partial charge in [0.25, 0.3) is 0 Å². The van der Waals surface area contributed by atoms with Crippen LogP contribution >= 0.6 is 11.6 Å². The van der Waals surface area contributed by atoms with Crippen LogP contribution in [0.4, 0.5) is 0 Å². The van der Waals surface area contributed by atoms with E-state index in [0.717, 1.165) is 62.6 Å². The van der Waals surface area contributed by atoms with E-state index in [9.17, 15) is 5.11 Å². The predicted octanol–water partition coefficient (Wildman–Crippen LogP) is 5.57. The van der Waals surface area contributed by atoms with Crippen LogP contribution in [0.1, 0.15) is 36.5 Å². The maximum Gasteiger partial charge on any atom is 0.119 e. The average molecular weight is 479 g/mol. The van der Waals surface area contributed by atoms with Gasteiger partial charge < -0.3 is 14.7 Å². The van der Waals surface area contributed by atoms with Gasteiger partial charge in [0.1, 0.15) is 11.4 Å². The van der Waals surface area contributed by atoms with E-state index in [1.807, 2.05) is 55.5 Å². The number of ether oxygens (including phenoxy) is 1. The first-order valence-corrected chi connectivity index (χ1v) is 12.6. The lowest BCUT2D eigenvalue weighted by atomic mass is 9.84. The first kappa shape index (κ1) is 24.7. The highest BCUT2D eigenvalue weighted by Crippen LogP contribution is 2.34. The molecular weight excluding hydrogens is 444 g/mol. The van der Waals surface area contributed by atoms with Crippen molar-refractivity contribution >= 4 is 11.6 Å². The molecule has 0 spiro atoms. The van der Waals surface area contributed by atoms with Crippen LogP contribution in [-0.2, 0) is 12.1 Å². The van der Waals surface area contributed by atoms with Gasteiger partial charge in [0, 0.05) is 44.3 Å². The summed E-state index contributed by atoms with van der Waals surface area (Å²) in [7, 11) is 0. The van der Waals surface area contributed by atoms with Crippen LogP contribution in [0.3, 0.4) is 0 Å². The fraction of sp³-hybridized carbons (Fsp3) is 0.379. The minimum Gasteiger partial charge on any atom is -0.494 e. The van der Waals surface area contributed by atoms with Gasteiger partial charge in [-0.25, -0.2) is 0 Å². The van der Waals surface area contributed by atoms with E-state index in [0.29, 0.717) is 18.1 Å². The van der Waals surface area contributed by atoms with Gasteiger partial charge >= 0.3 is 0 Å². The van der Waals surface area contributed by atoms with Crippen LogP contribution in [0.5, 0.6) is 5.75 Å². The van der Waals surface area contributed by atoms with Crippen LogP contribution in [-0.4, -0.2) is 54.2 Å². The maximum atomic E-state index is 11.3. The number of benzene rings is 3. The number of halogens is 1. The molecule has 5 heteroatoms. The predicted molar refractivity (Wildman–Crippen MR) is 139 cm³/mol. The highest BCUT2D eigenvalue weighted by molar-refractivity contribution is 6.30. The molecule has 1 fully saturated rings. The SMILES string of the molecule is CCC(O)(c1ccc(OCCCN2CCN(Cc3ccccc3)CC2)cc1)c1cccc(Cl)c1. The Bertz CT molecular complexity index is 1020. The number of nitrogens with zero attached hydrogens (tertiary/aromatic N) is 2. The summed E-state index contributed by atoms with van der Waals surface area (Å²) in [4.78, 5) is 5.06. The fourth-order valence-electron chi connectivity index (χ4n) is 4.64. The third-order valence-corrected chi connectivity index (χ3v) is 6.98. The zero-order chi connectivity index (χ0) is 23.8. The van der Waals surface area contributed by atoms with Crippen molar-refractivity contribution in [1.29, 1.82) is 0 Å². The van der Waals surface area contributed by atoms with Crippen molar-refractivity contribution in [3.63, 3.8) is 0 Å². The minimum absolute atomic E-state index is 0.562. The Morgan fingerprint density at radius 3 is 2.24 bits per heavy atom. The first-order chi connectivity index (χ1) is 16.6. The molecule has 34 heavy (non-hydrogen) atoms. The summed E-state index contributed by atoms with van der Waals surface area (Å²) < 4.78 is 5.98. The molecule has 1 aliphatic heterocycles. The molecule has 0 amide bonds. The largest absolute Gasteiger partial charge is 0.494 e. The molecule has 1 aliphatic rings. The van der Waals surface area contributed by atoms with E-state index >= 15 is 0 Å². The zero-order valence-electron chi connectivity index (χ0n) is 20.0. The second-order valence-corrected chi connectivity index (χ2v) is 9.49. The lowest BCUT2D eigenvalue weighted by molar-refractivity contribution is 0.0765. The Hall–Kier alpha value is -2.37. The van der Waals surface area contributed by atoms with Gasteiger partial charge in [-0.05, 0) is 53.8 Å². The minimum atomic E-state index is -1.06. The lowest BCUT2D eigenvalue weighted by Gasteiger charge is -2.34. The molecule has 0 aromatic heterocycles. The molecule has 1 saturated heterocycles. The zero-order valence-corrected chi connectivity index (χ0v) is 20.8. The van der Waals surface area contributed by atoms with E-state index in [1.54, 1.807) is 0 Å². The highest BCUT2D eigenvalue weighted by Gasteiger charge is 2.29. The van der Waals surface area contributed by atoms with Crippen molar-refractivity contribution in [2.75, 3.05) is 39.3 Å². The third kappa shape index (κ3) is 6.39. The molecule has 0 bridgehead atoms. The molecule has 3 aromatic rings. The fourth-order valence-corrected chi connectivity index (χ4v) is 4.83. The van der Waals surface area contributed by atoms with E-state index in [-0.39, 0.29) is 0 Å². The second-order valence-electron chi connectivity index (χ2n) is 9.05. The number of piperazine rings is 1. The smallest absolute Gasteiger partial charge is 0.119 e. The van der Waals surface area contributed by atoms with E-state index in [1.165, 1.54) is 5.56 Å². The highest BCUT2D eigenvalue weighted by atomic mass is 35.5. The Morgan fingerprint density at radius 2 is 1.56 bits per heavy atom. The molecule has 1 atom stereocenters. The quantitative estimate of drug-likeness (QED) is 0.386. The van der Waals surface area contributed by atoms with Crippen molar-refractivity contribution in [3.05, 3.63) is 101 Å². The summed E-state index contributed by atoms with van der Waals surface area (Å²) in [6.45, 7) is 9.22. The number of rotatable bonds is 10. The van der Waals surface area contributed by atoms with Gasteiger partial charge in [0.2, 0.25) is 0 Å². The summed E-state index contributed by atoms with van der Waals surface area (Å²) in [5, 5.41) is 12.0. The van der Waals surface area contributed by atoms with Crippen LogP contribution in [0.25, 0.3) is 0 Å². The van der Waals surface area contributed by atoms with Gasteiger partial charge in [-0.15, -0.1) is 0 Å². The number of hydrogen-bond acceptors (Lipinski definition) is 4. The van der Waals surface area contributed by atoms with Crippen LogP contribution in [0, 0.1) is 0 Å². The van der Waals surface area contributed by atoms with Gasteiger partial charge in [-0.3, -0.25) is 4.90 Å². The Labute approximate surface area is 208 Å². The molecule has 0 saturated carbocycles. The Balaban J connectivity index is 1.20. The number of hydrogen-bond donors (Lipinski definition) is 1. The molecule has 3 aromatic carbocycles. The molecule has 4 nitrogen and oxygen atoms in total. The van der Waals surface area contributed by atoms with Gasteiger partial charge in [0.05, 0.1) is 6.61 Å². The van der Waals surface area contributed by atoms with Crippen molar-refractivity contribution in [2.24, 2.45) is 0 Å². The van der Waals surface area contributed by atoms with E-state index < -0.39 is 5.60 Å². The molecule has 4 rings (SSSR count). The second kappa shape index (κ2) is 11.9. The topological polar surface area (TPSA) is 35.9 Å². The van der Waals surface area contributed by atoms with Crippen LogP contribution in [0.15, 0.2) is 78.9 Å². The van der Waals surface area contributed by atoms with Gasteiger partial charge in [-0.1, -0.05) is 73.1 Å². The summed E-state index contributed by atoms with van der Waals surface area (Å²) in [6, 6.07) is 25.9. The Morgan fingerprint density at radius 1 is 0.853 bits per heavy atom. The third-order valence-electron chi connectivity index (χ3n) is 6.75. The molecule has 1 unspecified atom stereocenters. The number of aliphatic hydroxyl groups is 1. The summed E-state index contributed by atoms with van der Waals surface area (Å²) in [5.41, 5.74) is 1.98.